The number of hydrogen-bond acceptors (Lipinski definition) is 3. The van der Waals surface area contributed by atoms with Crippen molar-refractivity contribution in [1.29, 1.82) is 0 Å². The molecule has 1 aromatic heterocycles. The Morgan fingerprint density at radius 3 is 2.60 bits per heavy atom. The molecular weight excluding hydrogens is 277 g/mol. The van der Waals surface area contributed by atoms with Gasteiger partial charge in [-0.1, -0.05) is 41.9 Å². The fourth-order valence-electron chi connectivity index (χ4n) is 2.02. The van der Waals surface area contributed by atoms with Gasteiger partial charge in [-0.3, -0.25) is 0 Å². The molecule has 3 aromatic rings. The molecule has 0 aliphatic carbocycles. The molecular formula is C15H11ClFN3. The van der Waals surface area contributed by atoms with E-state index >= 15 is 0 Å². The first-order valence-electron chi connectivity index (χ1n) is 6.09. The summed E-state index contributed by atoms with van der Waals surface area (Å²) in [5.74, 6) is 0.253. The van der Waals surface area contributed by atoms with E-state index in [9.17, 15) is 4.39 Å². The average Bonchev–Trinajstić information content (AvgIpc) is 2.46. The zero-order chi connectivity index (χ0) is 14.1. The molecule has 0 saturated carbocycles. The van der Waals surface area contributed by atoms with Crippen LogP contribution < -0.4 is 5.32 Å². The number of hydrogen-bond donors (Lipinski definition) is 1. The summed E-state index contributed by atoms with van der Waals surface area (Å²) >= 11 is 6.03. The van der Waals surface area contributed by atoms with Crippen molar-refractivity contribution < 1.29 is 4.39 Å². The number of benzene rings is 2. The Kier molecular flexibility index (Phi) is 3.24. The molecule has 0 fully saturated rings. The first kappa shape index (κ1) is 12.8. The SMILES string of the molecule is Cc1ccc(F)cc1Nc1nnc(Cl)c2ccccc12. The maximum atomic E-state index is 13.3. The van der Waals surface area contributed by atoms with Crippen molar-refractivity contribution in [2.24, 2.45) is 0 Å². The van der Waals surface area contributed by atoms with E-state index in [2.05, 4.69) is 15.5 Å². The average molecular weight is 288 g/mol. The highest BCUT2D eigenvalue weighted by Crippen LogP contribution is 2.28. The summed E-state index contributed by atoms with van der Waals surface area (Å²) in [5, 5.41) is 13.1. The minimum atomic E-state index is -0.302. The standard InChI is InChI=1S/C15H11ClFN3/c1-9-6-7-10(17)8-13(9)18-15-12-5-3-2-4-11(12)14(16)19-20-15/h2-8H,1H3,(H,18,20). The van der Waals surface area contributed by atoms with Crippen LogP contribution in [0.25, 0.3) is 10.8 Å². The Labute approximate surface area is 120 Å². The van der Waals surface area contributed by atoms with Gasteiger partial charge in [0.2, 0.25) is 0 Å². The second-order valence-corrected chi connectivity index (χ2v) is 4.83. The minimum absolute atomic E-state index is 0.302. The van der Waals surface area contributed by atoms with Gasteiger partial charge >= 0.3 is 0 Å². The predicted molar refractivity (Wildman–Crippen MR) is 79.0 cm³/mol. The van der Waals surface area contributed by atoms with Crippen LogP contribution in [-0.2, 0) is 0 Å². The molecule has 0 saturated heterocycles. The van der Waals surface area contributed by atoms with Gasteiger partial charge in [-0.15, -0.1) is 10.2 Å². The molecule has 0 spiro atoms. The van der Waals surface area contributed by atoms with Gasteiger partial charge in [0.05, 0.1) is 0 Å². The van der Waals surface area contributed by atoms with Gasteiger partial charge in [-0.05, 0) is 24.6 Å². The highest BCUT2D eigenvalue weighted by atomic mass is 35.5. The summed E-state index contributed by atoms with van der Waals surface area (Å²) in [6.07, 6.45) is 0. The van der Waals surface area contributed by atoms with E-state index in [1.54, 1.807) is 6.07 Å². The number of nitrogens with one attached hydrogen (secondary N) is 1. The molecule has 3 rings (SSSR count). The van der Waals surface area contributed by atoms with E-state index in [4.69, 9.17) is 11.6 Å². The van der Waals surface area contributed by atoms with E-state index in [0.29, 0.717) is 16.7 Å². The highest BCUT2D eigenvalue weighted by molar-refractivity contribution is 6.34. The van der Waals surface area contributed by atoms with Crippen LogP contribution in [0.3, 0.4) is 0 Å². The van der Waals surface area contributed by atoms with Crippen molar-refractivity contribution in [2.75, 3.05) is 5.32 Å². The molecule has 0 unspecified atom stereocenters. The molecule has 0 atom stereocenters. The summed E-state index contributed by atoms with van der Waals surface area (Å²) in [4.78, 5) is 0. The Balaban J connectivity index is 2.11. The maximum Gasteiger partial charge on any atom is 0.161 e. The Hall–Kier alpha value is -2.20. The Morgan fingerprint density at radius 2 is 1.80 bits per heavy atom. The van der Waals surface area contributed by atoms with E-state index in [-0.39, 0.29) is 5.82 Å². The van der Waals surface area contributed by atoms with Crippen LogP contribution in [-0.4, -0.2) is 10.2 Å². The van der Waals surface area contributed by atoms with Crippen LogP contribution in [0.1, 0.15) is 5.56 Å². The first-order valence-corrected chi connectivity index (χ1v) is 6.47. The van der Waals surface area contributed by atoms with Crippen LogP contribution in [0.2, 0.25) is 5.15 Å². The van der Waals surface area contributed by atoms with Crippen LogP contribution in [0.5, 0.6) is 0 Å². The van der Waals surface area contributed by atoms with Crippen LogP contribution in [0, 0.1) is 12.7 Å². The van der Waals surface area contributed by atoms with Gasteiger partial charge < -0.3 is 5.32 Å². The maximum absolute atomic E-state index is 13.3. The lowest BCUT2D eigenvalue weighted by Gasteiger charge is -2.11. The number of nitrogens with zero attached hydrogens (tertiary/aromatic N) is 2. The fraction of sp³-hybridized carbons (Fsp3) is 0.0667. The quantitative estimate of drug-likeness (QED) is 0.755. The third-order valence-electron chi connectivity index (χ3n) is 3.09. The zero-order valence-corrected chi connectivity index (χ0v) is 11.4. The molecule has 2 aromatic carbocycles. The van der Waals surface area contributed by atoms with Crippen molar-refractivity contribution in [2.45, 2.75) is 6.92 Å². The molecule has 20 heavy (non-hydrogen) atoms. The number of aromatic nitrogens is 2. The van der Waals surface area contributed by atoms with Crippen LogP contribution in [0.4, 0.5) is 15.9 Å². The van der Waals surface area contributed by atoms with Crippen LogP contribution in [0.15, 0.2) is 42.5 Å². The summed E-state index contributed by atoms with van der Waals surface area (Å²) in [6, 6.07) is 12.1. The van der Waals surface area contributed by atoms with E-state index in [0.717, 1.165) is 16.3 Å². The first-order chi connectivity index (χ1) is 9.65. The fourth-order valence-corrected chi connectivity index (χ4v) is 2.22. The van der Waals surface area contributed by atoms with Gasteiger partial charge in [0.25, 0.3) is 0 Å². The summed E-state index contributed by atoms with van der Waals surface area (Å²) in [7, 11) is 0. The molecule has 3 nitrogen and oxygen atoms in total. The summed E-state index contributed by atoms with van der Waals surface area (Å²) < 4.78 is 13.3. The lowest BCUT2D eigenvalue weighted by molar-refractivity contribution is 0.628. The van der Waals surface area contributed by atoms with Crippen molar-refractivity contribution >= 4 is 33.9 Å². The van der Waals surface area contributed by atoms with Gasteiger partial charge in [0, 0.05) is 16.5 Å². The number of halogens is 2. The predicted octanol–water partition coefficient (Wildman–Crippen LogP) is 4.47. The molecule has 5 heteroatoms. The van der Waals surface area contributed by atoms with Gasteiger partial charge in [-0.2, -0.15) is 0 Å². The van der Waals surface area contributed by atoms with E-state index in [1.165, 1.54) is 12.1 Å². The topological polar surface area (TPSA) is 37.8 Å². The van der Waals surface area contributed by atoms with Crippen molar-refractivity contribution in [3.05, 3.63) is 59.0 Å². The summed E-state index contributed by atoms with van der Waals surface area (Å²) in [5.41, 5.74) is 1.58. The third-order valence-corrected chi connectivity index (χ3v) is 3.37. The Morgan fingerprint density at radius 1 is 1.05 bits per heavy atom. The zero-order valence-electron chi connectivity index (χ0n) is 10.7. The molecule has 0 aliphatic rings. The molecule has 0 bridgehead atoms. The monoisotopic (exact) mass is 287 g/mol. The van der Waals surface area contributed by atoms with Gasteiger partial charge in [-0.25, -0.2) is 4.39 Å². The van der Waals surface area contributed by atoms with Crippen LogP contribution >= 0.6 is 11.6 Å². The number of rotatable bonds is 2. The van der Waals surface area contributed by atoms with Crippen molar-refractivity contribution in [3.8, 4) is 0 Å². The molecule has 100 valence electrons. The normalized spacial score (nSPS) is 10.8. The molecule has 1 heterocycles. The third kappa shape index (κ3) is 2.30. The molecule has 0 radical (unpaired) electrons. The molecule has 0 aliphatic heterocycles. The lowest BCUT2D eigenvalue weighted by atomic mass is 10.1. The Bertz CT molecular complexity index is 789. The van der Waals surface area contributed by atoms with Gasteiger partial charge in [0.1, 0.15) is 5.82 Å². The number of aryl methyl sites for hydroxylation is 1. The largest absolute Gasteiger partial charge is 0.338 e. The second kappa shape index (κ2) is 5.06. The number of fused-ring (bicyclic) bond motifs is 1. The molecule has 0 amide bonds. The lowest BCUT2D eigenvalue weighted by Crippen LogP contribution is -1.99. The second-order valence-electron chi connectivity index (χ2n) is 4.47. The number of anilines is 2. The highest BCUT2D eigenvalue weighted by Gasteiger charge is 2.09. The van der Waals surface area contributed by atoms with Crippen molar-refractivity contribution in [3.63, 3.8) is 0 Å². The molecule has 1 N–H and O–H groups in total. The van der Waals surface area contributed by atoms with Gasteiger partial charge in [0.15, 0.2) is 11.0 Å². The summed E-state index contributed by atoms with van der Waals surface area (Å²) in [6.45, 7) is 1.90. The van der Waals surface area contributed by atoms with E-state index < -0.39 is 0 Å². The smallest absolute Gasteiger partial charge is 0.161 e. The van der Waals surface area contributed by atoms with Crippen molar-refractivity contribution in [1.82, 2.24) is 10.2 Å². The minimum Gasteiger partial charge on any atom is -0.338 e. The van der Waals surface area contributed by atoms with E-state index in [1.807, 2.05) is 31.2 Å².